The smallest absolute Gasteiger partial charge is 0.187 e. The lowest BCUT2D eigenvalue weighted by Gasteiger charge is -2.02. The summed E-state index contributed by atoms with van der Waals surface area (Å²) in [6.07, 6.45) is 9.69. The van der Waals surface area contributed by atoms with Crippen LogP contribution in [0.1, 0.15) is 39.0 Å². The van der Waals surface area contributed by atoms with Gasteiger partial charge in [0.05, 0.1) is 0 Å². The highest BCUT2D eigenvalue weighted by Gasteiger charge is 1.88. The summed E-state index contributed by atoms with van der Waals surface area (Å²) in [6.45, 7) is 6.45. The van der Waals surface area contributed by atoms with E-state index in [9.17, 15) is 0 Å². The van der Waals surface area contributed by atoms with Crippen molar-refractivity contribution in [2.24, 2.45) is 5.10 Å². The van der Waals surface area contributed by atoms with E-state index in [-0.39, 0.29) is 0 Å². The van der Waals surface area contributed by atoms with Crippen molar-refractivity contribution in [2.45, 2.75) is 39.0 Å². The van der Waals surface area contributed by atoms with Crippen molar-refractivity contribution in [1.29, 1.82) is 0 Å². The van der Waals surface area contributed by atoms with Crippen LogP contribution in [0, 0.1) is 0 Å². The van der Waals surface area contributed by atoms with Crippen molar-refractivity contribution in [3.05, 3.63) is 12.7 Å². The topological polar surface area (TPSA) is 36.4 Å². The van der Waals surface area contributed by atoms with Gasteiger partial charge in [-0.05, 0) is 25.1 Å². The minimum Gasteiger partial charge on any atom is -0.358 e. The Kier molecular flexibility index (Phi) is 10.5. The molecule has 0 amide bonds. The van der Waals surface area contributed by atoms with Crippen LogP contribution < -0.4 is 10.7 Å². The second-order valence-electron chi connectivity index (χ2n) is 3.27. The van der Waals surface area contributed by atoms with Gasteiger partial charge in [0.15, 0.2) is 5.11 Å². The summed E-state index contributed by atoms with van der Waals surface area (Å²) in [5.74, 6) is 0. The van der Waals surface area contributed by atoms with E-state index in [0.717, 1.165) is 6.42 Å². The van der Waals surface area contributed by atoms with Gasteiger partial charge in [-0.1, -0.05) is 32.3 Å². The quantitative estimate of drug-likeness (QED) is 0.220. The van der Waals surface area contributed by atoms with Gasteiger partial charge in [-0.25, -0.2) is 0 Å². The molecule has 0 saturated heterocycles. The van der Waals surface area contributed by atoms with Crippen molar-refractivity contribution in [1.82, 2.24) is 10.7 Å². The molecule has 15 heavy (non-hydrogen) atoms. The van der Waals surface area contributed by atoms with Crippen LogP contribution in [-0.4, -0.2) is 17.9 Å². The lowest BCUT2D eigenvalue weighted by molar-refractivity contribution is 0.684. The Hall–Kier alpha value is -0.900. The van der Waals surface area contributed by atoms with Gasteiger partial charge in [0, 0.05) is 12.8 Å². The number of hydrogen-bond donors (Lipinski definition) is 2. The predicted molar refractivity (Wildman–Crippen MR) is 71.2 cm³/mol. The molecule has 0 fully saturated rings. The summed E-state index contributed by atoms with van der Waals surface area (Å²) in [7, 11) is 0. The van der Waals surface area contributed by atoms with Crippen molar-refractivity contribution in [2.75, 3.05) is 6.54 Å². The van der Waals surface area contributed by atoms with Crippen LogP contribution in [0.5, 0.6) is 0 Å². The Morgan fingerprint density at radius 1 is 1.40 bits per heavy atom. The molecular weight excluding hydrogens is 206 g/mol. The molecular formula is C11H21N3S. The highest BCUT2D eigenvalue weighted by atomic mass is 32.1. The third kappa shape index (κ3) is 11.0. The average Bonchev–Trinajstić information content (AvgIpc) is 2.25. The van der Waals surface area contributed by atoms with E-state index in [1.807, 2.05) is 6.21 Å². The third-order valence-electron chi connectivity index (χ3n) is 1.85. The number of rotatable bonds is 8. The first kappa shape index (κ1) is 14.1. The van der Waals surface area contributed by atoms with Gasteiger partial charge in [0.1, 0.15) is 0 Å². The zero-order valence-electron chi connectivity index (χ0n) is 9.46. The Bertz CT molecular complexity index is 202. The van der Waals surface area contributed by atoms with Crippen LogP contribution >= 0.6 is 12.2 Å². The summed E-state index contributed by atoms with van der Waals surface area (Å²) in [6, 6.07) is 0. The minimum absolute atomic E-state index is 0.541. The molecule has 0 rings (SSSR count). The maximum atomic E-state index is 4.96. The Morgan fingerprint density at radius 3 is 2.87 bits per heavy atom. The van der Waals surface area contributed by atoms with Gasteiger partial charge >= 0.3 is 0 Å². The molecule has 0 saturated carbocycles. The summed E-state index contributed by atoms with van der Waals surface area (Å²) in [5, 5.41) is 7.48. The Labute approximate surface area is 98.0 Å². The average molecular weight is 227 g/mol. The van der Waals surface area contributed by atoms with Crippen LogP contribution in [-0.2, 0) is 0 Å². The van der Waals surface area contributed by atoms with E-state index in [1.54, 1.807) is 6.08 Å². The molecule has 4 heteroatoms. The lowest BCUT2D eigenvalue weighted by atomic mass is 10.2. The van der Waals surface area contributed by atoms with Crippen molar-refractivity contribution in [3.63, 3.8) is 0 Å². The molecule has 0 unspecified atom stereocenters. The number of hydrazone groups is 1. The maximum Gasteiger partial charge on any atom is 0.187 e. The molecule has 0 spiro atoms. The SMILES string of the molecule is C=CCNC(=S)N/N=C/CCCCCC. The van der Waals surface area contributed by atoms with Gasteiger partial charge in [-0.3, -0.25) is 5.43 Å². The van der Waals surface area contributed by atoms with Crippen LogP contribution in [0.25, 0.3) is 0 Å². The van der Waals surface area contributed by atoms with Crippen molar-refractivity contribution >= 4 is 23.5 Å². The minimum atomic E-state index is 0.541. The number of unbranched alkanes of at least 4 members (excludes halogenated alkanes) is 4. The molecule has 2 N–H and O–H groups in total. The lowest BCUT2D eigenvalue weighted by Crippen LogP contribution is -2.31. The zero-order valence-corrected chi connectivity index (χ0v) is 10.3. The Balaban J connectivity index is 3.29. The van der Waals surface area contributed by atoms with E-state index in [4.69, 9.17) is 12.2 Å². The molecule has 3 nitrogen and oxygen atoms in total. The van der Waals surface area contributed by atoms with E-state index in [2.05, 4.69) is 29.3 Å². The van der Waals surface area contributed by atoms with Gasteiger partial charge in [-0.2, -0.15) is 5.10 Å². The first-order chi connectivity index (χ1) is 7.31. The van der Waals surface area contributed by atoms with Crippen molar-refractivity contribution in [3.8, 4) is 0 Å². The molecule has 0 aromatic rings. The van der Waals surface area contributed by atoms with Gasteiger partial charge in [-0.15, -0.1) is 6.58 Å². The number of nitrogens with one attached hydrogen (secondary N) is 2. The second-order valence-corrected chi connectivity index (χ2v) is 3.68. The van der Waals surface area contributed by atoms with E-state index in [1.165, 1.54) is 25.7 Å². The zero-order chi connectivity index (χ0) is 11.4. The molecule has 0 aliphatic carbocycles. The molecule has 0 aliphatic heterocycles. The molecule has 86 valence electrons. The van der Waals surface area contributed by atoms with E-state index in [0.29, 0.717) is 11.7 Å². The summed E-state index contributed by atoms with van der Waals surface area (Å²) in [4.78, 5) is 0. The maximum absolute atomic E-state index is 4.96. The van der Waals surface area contributed by atoms with E-state index < -0.39 is 0 Å². The fraction of sp³-hybridized carbons (Fsp3) is 0.636. The molecule has 0 atom stereocenters. The Morgan fingerprint density at radius 2 is 2.20 bits per heavy atom. The van der Waals surface area contributed by atoms with Gasteiger partial charge < -0.3 is 5.32 Å². The molecule has 0 aromatic carbocycles. The molecule has 0 aliphatic rings. The molecule has 0 radical (unpaired) electrons. The van der Waals surface area contributed by atoms with E-state index >= 15 is 0 Å². The molecule has 0 heterocycles. The third-order valence-corrected chi connectivity index (χ3v) is 2.09. The summed E-state index contributed by atoms with van der Waals surface area (Å²) < 4.78 is 0. The van der Waals surface area contributed by atoms with Gasteiger partial charge in [0.25, 0.3) is 0 Å². The molecule has 0 aromatic heterocycles. The largest absolute Gasteiger partial charge is 0.358 e. The standard InChI is InChI=1S/C11H21N3S/c1-3-5-6-7-8-10-13-14-11(15)12-9-4-2/h4,10H,2-3,5-9H2,1H3,(H2,12,14,15)/b13-10+. The summed E-state index contributed by atoms with van der Waals surface area (Å²) in [5.41, 5.74) is 2.75. The van der Waals surface area contributed by atoms with Crippen molar-refractivity contribution < 1.29 is 0 Å². The van der Waals surface area contributed by atoms with Crippen LogP contribution in [0.4, 0.5) is 0 Å². The van der Waals surface area contributed by atoms with Crippen LogP contribution in [0.15, 0.2) is 17.8 Å². The number of nitrogens with zero attached hydrogens (tertiary/aromatic N) is 1. The number of thiocarbonyl (C=S) groups is 1. The highest BCUT2D eigenvalue weighted by Crippen LogP contribution is 2.00. The van der Waals surface area contributed by atoms with Crippen LogP contribution in [0.3, 0.4) is 0 Å². The normalized spacial score (nSPS) is 10.2. The van der Waals surface area contributed by atoms with Gasteiger partial charge in [0.2, 0.25) is 0 Å². The summed E-state index contributed by atoms with van der Waals surface area (Å²) >= 11 is 4.96. The fourth-order valence-corrected chi connectivity index (χ4v) is 1.17. The van der Waals surface area contributed by atoms with Crippen LogP contribution in [0.2, 0.25) is 0 Å². The number of hydrogen-bond acceptors (Lipinski definition) is 2. The fourth-order valence-electron chi connectivity index (χ4n) is 1.04. The predicted octanol–water partition coefficient (Wildman–Crippen LogP) is 2.59. The first-order valence-corrected chi connectivity index (χ1v) is 5.88. The monoisotopic (exact) mass is 227 g/mol. The first-order valence-electron chi connectivity index (χ1n) is 5.47. The molecule has 0 bridgehead atoms. The highest BCUT2D eigenvalue weighted by molar-refractivity contribution is 7.80. The second kappa shape index (κ2) is 11.2.